The third kappa shape index (κ3) is 4.09. The van der Waals surface area contributed by atoms with E-state index in [1.807, 2.05) is 0 Å². The van der Waals surface area contributed by atoms with Crippen molar-refractivity contribution in [3.63, 3.8) is 0 Å². The van der Waals surface area contributed by atoms with Crippen molar-refractivity contribution in [2.24, 2.45) is 11.7 Å². The Bertz CT molecular complexity index is 172. The van der Waals surface area contributed by atoms with E-state index in [0.29, 0.717) is 5.92 Å². The van der Waals surface area contributed by atoms with Gasteiger partial charge in [0, 0.05) is 19.1 Å². The average molecular weight is 213 g/mol. The van der Waals surface area contributed by atoms with E-state index in [0.717, 1.165) is 12.6 Å². The Morgan fingerprint density at radius 3 is 2.73 bits per heavy atom. The van der Waals surface area contributed by atoms with Gasteiger partial charge in [-0.1, -0.05) is 13.8 Å². The molecule has 1 fully saturated rings. The van der Waals surface area contributed by atoms with Crippen LogP contribution in [0.15, 0.2) is 0 Å². The van der Waals surface area contributed by atoms with E-state index in [1.165, 1.54) is 39.0 Å². The van der Waals surface area contributed by atoms with E-state index < -0.39 is 0 Å². The molecule has 0 saturated carbocycles. The molecule has 0 aliphatic carbocycles. The van der Waals surface area contributed by atoms with Gasteiger partial charge in [-0.15, -0.1) is 0 Å². The van der Waals surface area contributed by atoms with Crippen LogP contribution in [0, 0.1) is 5.92 Å². The fraction of sp³-hybridized carbons (Fsp3) is 1.00. The average Bonchev–Trinajstić information content (AvgIpc) is 2.40. The third-order valence-corrected chi connectivity index (χ3v) is 3.44. The summed E-state index contributed by atoms with van der Waals surface area (Å²) in [5.74, 6) is 0.627. The van der Waals surface area contributed by atoms with Crippen molar-refractivity contribution in [3.8, 4) is 0 Å². The van der Waals surface area contributed by atoms with Crippen LogP contribution < -0.4 is 5.73 Å². The third-order valence-electron chi connectivity index (χ3n) is 3.44. The highest BCUT2D eigenvalue weighted by Gasteiger charge is 2.22. The normalized spacial score (nSPS) is 27.6. The minimum Gasteiger partial charge on any atom is -0.330 e. The van der Waals surface area contributed by atoms with Crippen LogP contribution in [0.2, 0.25) is 0 Å². The molecule has 1 aliphatic heterocycles. The van der Waals surface area contributed by atoms with Crippen molar-refractivity contribution < 1.29 is 0 Å². The molecule has 0 aromatic heterocycles. The zero-order chi connectivity index (χ0) is 11.3. The molecule has 90 valence electrons. The van der Waals surface area contributed by atoms with Gasteiger partial charge in [0.15, 0.2) is 0 Å². The first kappa shape index (κ1) is 12.9. The lowest BCUT2D eigenvalue weighted by molar-refractivity contribution is 0.163. The zero-order valence-corrected chi connectivity index (χ0v) is 10.6. The van der Waals surface area contributed by atoms with Crippen LogP contribution in [0.5, 0.6) is 0 Å². The molecule has 0 spiro atoms. The molecule has 0 aromatic rings. The topological polar surface area (TPSA) is 32.5 Å². The molecule has 2 atom stereocenters. The zero-order valence-electron chi connectivity index (χ0n) is 10.6. The first-order chi connectivity index (χ1) is 7.17. The predicted molar refractivity (Wildman–Crippen MR) is 66.0 cm³/mol. The summed E-state index contributed by atoms with van der Waals surface area (Å²) in [6.07, 6.45) is 2.55. The smallest absolute Gasteiger partial charge is 0.0220 e. The maximum Gasteiger partial charge on any atom is 0.0220 e. The summed E-state index contributed by atoms with van der Waals surface area (Å²) < 4.78 is 0. The lowest BCUT2D eigenvalue weighted by Gasteiger charge is -2.31. The molecule has 1 rings (SSSR count). The van der Waals surface area contributed by atoms with E-state index in [4.69, 9.17) is 5.73 Å². The fourth-order valence-corrected chi connectivity index (χ4v) is 2.40. The first-order valence-corrected chi connectivity index (χ1v) is 6.30. The highest BCUT2D eigenvalue weighted by molar-refractivity contribution is 4.79. The Hall–Kier alpha value is -0.120. The fourth-order valence-electron chi connectivity index (χ4n) is 2.40. The van der Waals surface area contributed by atoms with Crippen LogP contribution in [-0.2, 0) is 0 Å². The largest absolute Gasteiger partial charge is 0.330 e. The Morgan fingerprint density at radius 1 is 1.40 bits per heavy atom. The first-order valence-electron chi connectivity index (χ1n) is 6.30. The number of nitrogens with zero attached hydrogens (tertiary/aromatic N) is 2. The molecule has 1 heterocycles. The van der Waals surface area contributed by atoms with Gasteiger partial charge in [-0.3, -0.25) is 4.90 Å². The Labute approximate surface area is 94.6 Å². The number of rotatable bonds is 4. The number of hydrogen-bond donors (Lipinski definition) is 1. The van der Waals surface area contributed by atoms with Crippen molar-refractivity contribution in [2.75, 3.05) is 39.8 Å². The predicted octanol–water partition coefficient (Wildman–Crippen LogP) is 0.997. The SMILES string of the molecule is CCC1CN(C)CCCN1CC(C)CN. The second kappa shape index (κ2) is 6.46. The standard InChI is InChI=1S/C12H27N3/c1-4-12-10-14(3)6-5-7-15(12)9-11(2)8-13/h11-12H,4-10,13H2,1-3H3. The minimum absolute atomic E-state index is 0.627. The van der Waals surface area contributed by atoms with Crippen molar-refractivity contribution in [3.05, 3.63) is 0 Å². The highest BCUT2D eigenvalue weighted by atomic mass is 15.2. The van der Waals surface area contributed by atoms with Gasteiger partial charge in [0.25, 0.3) is 0 Å². The van der Waals surface area contributed by atoms with Crippen LogP contribution in [0.4, 0.5) is 0 Å². The summed E-state index contributed by atoms with van der Waals surface area (Å²) in [6, 6.07) is 0.728. The van der Waals surface area contributed by atoms with E-state index in [1.54, 1.807) is 0 Å². The lowest BCUT2D eigenvalue weighted by Crippen LogP contribution is -2.42. The molecule has 2 N–H and O–H groups in total. The molecule has 0 radical (unpaired) electrons. The highest BCUT2D eigenvalue weighted by Crippen LogP contribution is 2.13. The van der Waals surface area contributed by atoms with Crippen LogP contribution in [-0.4, -0.2) is 55.6 Å². The van der Waals surface area contributed by atoms with Gasteiger partial charge in [-0.05, 0) is 45.4 Å². The molecule has 15 heavy (non-hydrogen) atoms. The maximum absolute atomic E-state index is 5.71. The Balaban J connectivity index is 2.51. The van der Waals surface area contributed by atoms with Gasteiger partial charge in [-0.2, -0.15) is 0 Å². The van der Waals surface area contributed by atoms with Gasteiger partial charge in [-0.25, -0.2) is 0 Å². The molecule has 3 nitrogen and oxygen atoms in total. The molecule has 3 heteroatoms. The van der Waals surface area contributed by atoms with Gasteiger partial charge >= 0.3 is 0 Å². The van der Waals surface area contributed by atoms with Crippen LogP contribution in [0.25, 0.3) is 0 Å². The molecule has 0 bridgehead atoms. The second-order valence-electron chi connectivity index (χ2n) is 5.01. The van der Waals surface area contributed by atoms with Crippen LogP contribution >= 0.6 is 0 Å². The van der Waals surface area contributed by atoms with Gasteiger partial charge in [0.05, 0.1) is 0 Å². The Kier molecular flexibility index (Phi) is 5.58. The monoisotopic (exact) mass is 213 g/mol. The summed E-state index contributed by atoms with van der Waals surface area (Å²) in [7, 11) is 2.23. The van der Waals surface area contributed by atoms with Crippen molar-refractivity contribution in [1.82, 2.24) is 9.80 Å². The van der Waals surface area contributed by atoms with E-state index in [2.05, 4.69) is 30.7 Å². The molecular weight excluding hydrogens is 186 g/mol. The summed E-state index contributed by atoms with van der Waals surface area (Å²) in [5, 5.41) is 0. The van der Waals surface area contributed by atoms with E-state index >= 15 is 0 Å². The van der Waals surface area contributed by atoms with Crippen molar-refractivity contribution >= 4 is 0 Å². The molecule has 0 amide bonds. The van der Waals surface area contributed by atoms with Gasteiger partial charge < -0.3 is 10.6 Å². The van der Waals surface area contributed by atoms with E-state index in [9.17, 15) is 0 Å². The summed E-state index contributed by atoms with van der Waals surface area (Å²) in [5.41, 5.74) is 5.71. The molecule has 1 saturated heterocycles. The quantitative estimate of drug-likeness (QED) is 0.756. The number of nitrogens with two attached hydrogens (primary N) is 1. The molecule has 1 aliphatic rings. The van der Waals surface area contributed by atoms with Gasteiger partial charge in [0.1, 0.15) is 0 Å². The van der Waals surface area contributed by atoms with Crippen molar-refractivity contribution in [1.29, 1.82) is 0 Å². The molecule has 2 unspecified atom stereocenters. The van der Waals surface area contributed by atoms with Gasteiger partial charge in [0.2, 0.25) is 0 Å². The number of likely N-dealkylation sites (N-methyl/N-ethyl adjacent to an activating group) is 1. The van der Waals surface area contributed by atoms with Crippen LogP contribution in [0.1, 0.15) is 26.7 Å². The molecular formula is C12H27N3. The second-order valence-corrected chi connectivity index (χ2v) is 5.01. The van der Waals surface area contributed by atoms with E-state index in [-0.39, 0.29) is 0 Å². The summed E-state index contributed by atoms with van der Waals surface area (Å²) in [4.78, 5) is 5.10. The number of hydrogen-bond acceptors (Lipinski definition) is 3. The lowest BCUT2D eigenvalue weighted by atomic mass is 10.1. The minimum atomic E-state index is 0.627. The summed E-state index contributed by atoms with van der Waals surface area (Å²) in [6.45, 7) is 10.2. The summed E-state index contributed by atoms with van der Waals surface area (Å²) >= 11 is 0. The Morgan fingerprint density at radius 2 is 2.13 bits per heavy atom. The molecule has 0 aromatic carbocycles. The van der Waals surface area contributed by atoms with Crippen molar-refractivity contribution in [2.45, 2.75) is 32.7 Å². The maximum atomic E-state index is 5.71. The van der Waals surface area contributed by atoms with Crippen LogP contribution in [0.3, 0.4) is 0 Å².